The summed E-state index contributed by atoms with van der Waals surface area (Å²) in [6.45, 7) is 0.717. The molecule has 0 amide bonds. The Balaban J connectivity index is 2.24. The highest BCUT2D eigenvalue weighted by Gasteiger charge is 2.30. The average Bonchev–Trinajstić information content (AvgIpc) is 2.53. The van der Waals surface area contributed by atoms with Crippen LogP contribution >= 0.6 is 0 Å². The van der Waals surface area contributed by atoms with E-state index in [2.05, 4.69) is 0 Å². The summed E-state index contributed by atoms with van der Waals surface area (Å²) in [5.74, 6) is 0. The molecule has 0 fully saturated rings. The van der Waals surface area contributed by atoms with Crippen molar-refractivity contribution in [3.63, 3.8) is 0 Å². The van der Waals surface area contributed by atoms with Gasteiger partial charge in [-0.3, -0.25) is 0 Å². The maximum atomic E-state index is 11.2. The van der Waals surface area contributed by atoms with Crippen LogP contribution in [-0.2, 0) is 5.60 Å². The highest BCUT2D eigenvalue weighted by atomic mass is 16.3. The topological polar surface area (TPSA) is 46.2 Å². The SMILES string of the molecule is NCCCCCC(O)(c1ccccc1)c1ccccc1. The second kappa shape index (κ2) is 7.22. The predicted molar refractivity (Wildman–Crippen MR) is 83.4 cm³/mol. The van der Waals surface area contributed by atoms with Gasteiger partial charge in [-0.1, -0.05) is 67.1 Å². The smallest absolute Gasteiger partial charge is 0.115 e. The zero-order chi connectivity index (χ0) is 14.3. The molecule has 0 bridgehead atoms. The van der Waals surface area contributed by atoms with E-state index in [9.17, 15) is 5.11 Å². The summed E-state index contributed by atoms with van der Waals surface area (Å²) < 4.78 is 0. The van der Waals surface area contributed by atoms with Crippen LogP contribution in [0.5, 0.6) is 0 Å². The van der Waals surface area contributed by atoms with E-state index in [1.807, 2.05) is 60.7 Å². The van der Waals surface area contributed by atoms with Gasteiger partial charge in [0.25, 0.3) is 0 Å². The van der Waals surface area contributed by atoms with Crippen molar-refractivity contribution in [2.24, 2.45) is 5.73 Å². The third-order valence-corrected chi connectivity index (χ3v) is 3.75. The van der Waals surface area contributed by atoms with Crippen molar-refractivity contribution >= 4 is 0 Å². The molecule has 0 saturated carbocycles. The van der Waals surface area contributed by atoms with Gasteiger partial charge in [0.1, 0.15) is 5.60 Å². The Morgan fingerprint density at radius 1 is 0.750 bits per heavy atom. The Morgan fingerprint density at radius 2 is 1.25 bits per heavy atom. The number of rotatable bonds is 7. The first kappa shape index (κ1) is 14.8. The second-order valence-electron chi connectivity index (χ2n) is 5.19. The molecule has 2 heteroatoms. The first-order chi connectivity index (χ1) is 9.77. The lowest BCUT2D eigenvalue weighted by Crippen LogP contribution is -2.27. The average molecular weight is 269 g/mol. The summed E-state index contributed by atoms with van der Waals surface area (Å²) in [4.78, 5) is 0. The van der Waals surface area contributed by atoms with Crippen molar-refractivity contribution in [1.82, 2.24) is 0 Å². The molecule has 0 unspecified atom stereocenters. The monoisotopic (exact) mass is 269 g/mol. The Labute approximate surface area is 121 Å². The molecule has 0 saturated heterocycles. The van der Waals surface area contributed by atoms with Crippen LogP contribution in [0.1, 0.15) is 36.8 Å². The van der Waals surface area contributed by atoms with Gasteiger partial charge in [0.15, 0.2) is 0 Å². The van der Waals surface area contributed by atoms with Crippen LogP contribution in [0.15, 0.2) is 60.7 Å². The molecule has 106 valence electrons. The van der Waals surface area contributed by atoms with Crippen LogP contribution in [0.25, 0.3) is 0 Å². The van der Waals surface area contributed by atoms with Gasteiger partial charge in [0, 0.05) is 0 Å². The summed E-state index contributed by atoms with van der Waals surface area (Å²) >= 11 is 0. The Hall–Kier alpha value is -1.64. The molecule has 0 atom stereocenters. The summed E-state index contributed by atoms with van der Waals surface area (Å²) in [7, 11) is 0. The maximum absolute atomic E-state index is 11.2. The molecule has 20 heavy (non-hydrogen) atoms. The summed E-state index contributed by atoms with van der Waals surface area (Å²) in [5.41, 5.74) is 6.55. The first-order valence-corrected chi connectivity index (χ1v) is 7.31. The third kappa shape index (κ3) is 3.47. The molecule has 0 heterocycles. The lowest BCUT2D eigenvalue weighted by molar-refractivity contribution is 0.0680. The molecular weight excluding hydrogens is 246 g/mol. The van der Waals surface area contributed by atoms with Gasteiger partial charge in [0.05, 0.1) is 0 Å². The molecule has 0 aliphatic rings. The highest BCUT2D eigenvalue weighted by molar-refractivity contribution is 5.35. The van der Waals surface area contributed by atoms with Crippen LogP contribution in [0, 0.1) is 0 Å². The van der Waals surface area contributed by atoms with Crippen LogP contribution in [0.3, 0.4) is 0 Å². The summed E-state index contributed by atoms with van der Waals surface area (Å²) in [6, 6.07) is 19.8. The fourth-order valence-corrected chi connectivity index (χ4v) is 2.59. The molecule has 3 N–H and O–H groups in total. The minimum Gasteiger partial charge on any atom is -0.380 e. The van der Waals surface area contributed by atoms with Gasteiger partial charge in [-0.2, -0.15) is 0 Å². The van der Waals surface area contributed by atoms with E-state index in [0.29, 0.717) is 0 Å². The van der Waals surface area contributed by atoms with E-state index in [-0.39, 0.29) is 0 Å². The number of hydrogen-bond acceptors (Lipinski definition) is 2. The van der Waals surface area contributed by atoms with Crippen LogP contribution in [0.2, 0.25) is 0 Å². The molecular formula is C18H23NO. The summed E-state index contributed by atoms with van der Waals surface area (Å²) in [5, 5.41) is 11.2. The molecule has 0 aliphatic heterocycles. The van der Waals surface area contributed by atoms with Gasteiger partial charge in [-0.05, 0) is 36.9 Å². The fraction of sp³-hybridized carbons (Fsp3) is 0.333. The molecule has 0 spiro atoms. The molecule has 2 aromatic rings. The normalized spacial score (nSPS) is 11.5. The zero-order valence-electron chi connectivity index (χ0n) is 11.8. The molecule has 2 rings (SSSR count). The van der Waals surface area contributed by atoms with Crippen molar-refractivity contribution in [1.29, 1.82) is 0 Å². The predicted octanol–water partition coefficient (Wildman–Crippen LogP) is 3.44. The van der Waals surface area contributed by atoms with Crippen molar-refractivity contribution in [3.8, 4) is 0 Å². The van der Waals surface area contributed by atoms with E-state index in [1.54, 1.807) is 0 Å². The lowest BCUT2D eigenvalue weighted by atomic mass is 9.82. The standard InChI is InChI=1S/C18H23NO/c19-15-9-3-8-14-18(20,16-10-4-1-5-11-16)17-12-6-2-7-13-17/h1-2,4-7,10-13,20H,3,8-9,14-15,19H2. The van der Waals surface area contributed by atoms with Gasteiger partial charge in [-0.15, -0.1) is 0 Å². The fourth-order valence-electron chi connectivity index (χ4n) is 2.59. The van der Waals surface area contributed by atoms with Gasteiger partial charge < -0.3 is 10.8 Å². The highest BCUT2D eigenvalue weighted by Crippen LogP contribution is 2.34. The largest absolute Gasteiger partial charge is 0.380 e. The molecule has 0 aliphatic carbocycles. The van der Waals surface area contributed by atoms with Gasteiger partial charge in [0.2, 0.25) is 0 Å². The number of benzene rings is 2. The molecule has 0 radical (unpaired) electrons. The van der Waals surface area contributed by atoms with E-state index >= 15 is 0 Å². The van der Waals surface area contributed by atoms with E-state index < -0.39 is 5.60 Å². The van der Waals surface area contributed by atoms with Gasteiger partial charge >= 0.3 is 0 Å². The van der Waals surface area contributed by atoms with Crippen LogP contribution in [0.4, 0.5) is 0 Å². The number of hydrogen-bond donors (Lipinski definition) is 2. The minimum absolute atomic E-state index is 0.717. The molecule has 2 aromatic carbocycles. The molecule has 0 aromatic heterocycles. The number of nitrogens with two attached hydrogens (primary N) is 1. The van der Waals surface area contributed by atoms with Crippen molar-refractivity contribution in [2.45, 2.75) is 31.3 Å². The number of unbranched alkanes of at least 4 members (excludes halogenated alkanes) is 2. The Morgan fingerprint density at radius 3 is 1.70 bits per heavy atom. The van der Waals surface area contributed by atoms with Gasteiger partial charge in [-0.25, -0.2) is 0 Å². The van der Waals surface area contributed by atoms with Crippen molar-refractivity contribution in [2.75, 3.05) is 6.54 Å². The van der Waals surface area contributed by atoms with E-state index in [4.69, 9.17) is 5.73 Å². The third-order valence-electron chi connectivity index (χ3n) is 3.75. The quantitative estimate of drug-likeness (QED) is 0.756. The summed E-state index contributed by atoms with van der Waals surface area (Å²) in [6.07, 6.45) is 3.76. The van der Waals surface area contributed by atoms with Crippen LogP contribution in [-0.4, -0.2) is 11.7 Å². The van der Waals surface area contributed by atoms with E-state index in [1.165, 1.54) is 0 Å². The number of aliphatic hydroxyl groups is 1. The van der Waals surface area contributed by atoms with Crippen molar-refractivity contribution < 1.29 is 5.11 Å². The first-order valence-electron chi connectivity index (χ1n) is 7.31. The molecule has 2 nitrogen and oxygen atoms in total. The van der Waals surface area contributed by atoms with Crippen LogP contribution < -0.4 is 5.73 Å². The Kier molecular flexibility index (Phi) is 5.33. The minimum atomic E-state index is -0.906. The van der Waals surface area contributed by atoms with E-state index in [0.717, 1.165) is 43.4 Å². The maximum Gasteiger partial charge on any atom is 0.115 e. The van der Waals surface area contributed by atoms with Crippen molar-refractivity contribution in [3.05, 3.63) is 71.8 Å². The Bertz CT molecular complexity index is 456. The second-order valence-corrected chi connectivity index (χ2v) is 5.19. The lowest BCUT2D eigenvalue weighted by Gasteiger charge is -2.29. The zero-order valence-corrected chi connectivity index (χ0v) is 11.8.